The van der Waals surface area contributed by atoms with Gasteiger partial charge >= 0.3 is 5.97 Å². The zero-order valence-corrected chi connectivity index (χ0v) is 11.7. The highest BCUT2D eigenvalue weighted by Crippen LogP contribution is 2.17. The monoisotopic (exact) mass is 279 g/mol. The average Bonchev–Trinajstić information content (AvgIpc) is 2.77. The van der Waals surface area contributed by atoms with Gasteiger partial charge in [-0.2, -0.15) is 5.10 Å². The molecule has 0 bridgehead atoms. The molecule has 1 fully saturated rings. The van der Waals surface area contributed by atoms with Crippen LogP contribution in [-0.2, 0) is 4.79 Å². The molecule has 0 radical (unpaired) electrons. The summed E-state index contributed by atoms with van der Waals surface area (Å²) in [6.45, 7) is 1.53. The van der Waals surface area contributed by atoms with Crippen molar-refractivity contribution in [3.63, 3.8) is 0 Å². The van der Waals surface area contributed by atoms with Crippen molar-refractivity contribution in [2.24, 2.45) is 0 Å². The van der Waals surface area contributed by atoms with E-state index < -0.39 is 12.0 Å². The summed E-state index contributed by atoms with van der Waals surface area (Å²) in [6, 6.07) is 1.01. The predicted molar refractivity (Wildman–Crippen MR) is 73.5 cm³/mol. The number of carbonyl (C=O) groups is 2. The Balaban J connectivity index is 1.97. The van der Waals surface area contributed by atoms with Gasteiger partial charge in [-0.15, -0.1) is 0 Å². The van der Waals surface area contributed by atoms with Crippen molar-refractivity contribution in [2.75, 3.05) is 0 Å². The maximum absolute atomic E-state index is 12.1. The van der Waals surface area contributed by atoms with E-state index in [1.807, 2.05) is 0 Å². The van der Waals surface area contributed by atoms with Gasteiger partial charge < -0.3 is 10.4 Å². The molecule has 1 atom stereocenters. The van der Waals surface area contributed by atoms with E-state index in [0.717, 1.165) is 25.7 Å². The molecule has 0 spiro atoms. The minimum Gasteiger partial charge on any atom is -0.480 e. The number of rotatable bonds is 4. The van der Waals surface area contributed by atoms with E-state index in [1.54, 1.807) is 6.07 Å². The fourth-order valence-electron chi connectivity index (χ4n) is 2.47. The average molecular weight is 279 g/mol. The van der Waals surface area contributed by atoms with Crippen LogP contribution in [0.5, 0.6) is 0 Å². The molecule has 1 unspecified atom stereocenters. The Labute approximate surface area is 118 Å². The highest BCUT2D eigenvalue weighted by Gasteiger charge is 2.19. The van der Waals surface area contributed by atoms with Crippen LogP contribution in [0.2, 0.25) is 0 Å². The number of amides is 1. The molecular weight excluding hydrogens is 258 g/mol. The number of carboxylic acids is 1. The van der Waals surface area contributed by atoms with Gasteiger partial charge in [0.15, 0.2) is 0 Å². The summed E-state index contributed by atoms with van der Waals surface area (Å²) in [6.07, 6.45) is 8.32. The lowest BCUT2D eigenvalue weighted by Crippen LogP contribution is -2.34. The standard InChI is InChI=1S/C14H21N3O3/c1-10(14(19)20)17-9-8-12(16-17)13(18)15-11-6-4-2-3-5-7-11/h8-11H,2-7H2,1H3,(H,15,18)(H,19,20). The molecule has 1 aromatic rings. The van der Waals surface area contributed by atoms with Crippen LogP contribution in [0, 0.1) is 0 Å². The number of carbonyl (C=O) groups excluding carboxylic acids is 1. The highest BCUT2D eigenvalue weighted by atomic mass is 16.4. The fourth-order valence-corrected chi connectivity index (χ4v) is 2.47. The topological polar surface area (TPSA) is 84.2 Å². The van der Waals surface area contributed by atoms with Gasteiger partial charge in [-0.05, 0) is 25.8 Å². The molecule has 1 saturated carbocycles. The molecule has 0 saturated heterocycles. The van der Waals surface area contributed by atoms with Gasteiger partial charge in [-0.3, -0.25) is 9.48 Å². The summed E-state index contributed by atoms with van der Waals surface area (Å²) in [5.74, 6) is -1.18. The third-order valence-corrected chi connectivity index (χ3v) is 3.79. The van der Waals surface area contributed by atoms with Gasteiger partial charge in [0.25, 0.3) is 5.91 Å². The van der Waals surface area contributed by atoms with Crippen LogP contribution < -0.4 is 5.32 Å². The fraction of sp³-hybridized carbons (Fsp3) is 0.643. The Morgan fingerprint density at radius 1 is 1.35 bits per heavy atom. The third-order valence-electron chi connectivity index (χ3n) is 3.79. The zero-order valence-electron chi connectivity index (χ0n) is 11.7. The first kappa shape index (κ1) is 14.6. The Bertz CT molecular complexity index is 476. The molecule has 1 amide bonds. The van der Waals surface area contributed by atoms with E-state index in [0.29, 0.717) is 0 Å². The number of hydrogen-bond acceptors (Lipinski definition) is 3. The quantitative estimate of drug-likeness (QED) is 0.825. The van der Waals surface area contributed by atoms with Crippen molar-refractivity contribution in [1.29, 1.82) is 0 Å². The normalized spacial score (nSPS) is 18.2. The Morgan fingerprint density at radius 3 is 2.60 bits per heavy atom. The minimum absolute atomic E-state index is 0.215. The molecule has 1 aliphatic carbocycles. The molecule has 0 aromatic carbocycles. The van der Waals surface area contributed by atoms with Gasteiger partial charge in [0, 0.05) is 12.2 Å². The van der Waals surface area contributed by atoms with Crippen molar-refractivity contribution in [2.45, 2.75) is 57.5 Å². The first-order valence-electron chi connectivity index (χ1n) is 7.17. The van der Waals surface area contributed by atoms with E-state index in [2.05, 4.69) is 10.4 Å². The zero-order chi connectivity index (χ0) is 14.5. The second-order valence-electron chi connectivity index (χ2n) is 5.36. The summed E-state index contributed by atoms with van der Waals surface area (Å²) in [7, 11) is 0. The van der Waals surface area contributed by atoms with E-state index in [1.165, 1.54) is 30.6 Å². The van der Waals surface area contributed by atoms with Crippen molar-refractivity contribution < 1.29 is 14.7 Å². The smallest absolute Gasteiger partial charge is 0.328 e. The number of carboxylic acid groups (broad SMARTS) is 1. The predicted octanol–water partition coefficient (Wildman–Crippen LogP) is 1.98. The molecule has 1 aliphatic rings. The van der Waals surface area contributed by atoms with Crippen LogP contribution in [-0.4, -0.2) is 32.8 Å². The number of aromatic nitrogens is 2. The van der Waals surface area contributed by atoms with Gasteiger partial charge in [0.2, 0.25) is 0 Å². The molecule has 6 heteroatoms. The van der Waals surface area contributed by atoms with Crippen molar-refractivity contribution in [3.05, 3.63) is 18.0 Å². The number of hydrogen-bond donors (Lipinski definition) is 2. The molecule has 20 heavy (non-hydrogen) atoms. The molecule has 1 aromatic heterocycles. The van der Waals surface area contributed by atoms with Crippen LogP contribution in [0.3, 0.4) is 0 Å². The number of nitrogens with zero attached hydrogens (tertiary/aromatic N) is 2. The highest BCUT2D eigenvalue weighted by molar-refractivity contribution is 5.92. The first-order chi connectivity index (χ1) is 9.58. The minimum atomic E-state index is -0.969. The van der Waals surface area contributed by atoms with E-state index in [9.17, 15) is 9.59 Å². The third kappa shape index (κ3) is 3.59. The Hall–Kier alpha value is -1.85. The number of aliphatic carboxylic acids is 1. The van der Waals surface area contributed by atoms with Crippen LogP contribution >= 0.6 is 0 Å². The molecule has 2 rings (SSSR count). The van der Waals surface area contributed by atoms with Crippen LogP contribution in [0.25, 0.3) is 0 Å². The summed E-state index contributed by atoms with van der Waals surface area (Å²) in [5.41, 5.74) is 0.280. The summed E-state index contributed by atoms with van der Waals surface area (Å²) < 4.78 is 1.30. The molecule has 2 N–H and O–H groups in total. The van der Waals surface area contributed by atoms with Crippen molar-refractivity contribution >= 4 is 11.9 Å². The molecule has 6 nitrogen and oxygen atoms in total. The molecule has 0 aliphatic heterocycles. The second-order valence-corrected chi connectivity index (χ2v) is 5.36. The molecule has 1 heterocycles. The van der Waals surface area contributed by atoms with E-state index >= 15 is 0 Å². The van der Waals surface area contributed by atoms with E-state index in [4.69, 9.17) is 5.11 Å². The van der Waals surface area contributed by atoms with Gasteiger partial charge in [0.05, 0.1) is 0 Å². The van der Waals surface area contributed by atoms with Gasteiger partial charge in [0.1, 0.15) is 11.7 Å². The van der Waals surface area contributed by atoms with Gasteiger partial charge in [-0.25, -0.2) is 4.79 Å². The SMILES string of the molecule is CC(C(=O)O)n1ccc(C(=O)NC2CCCCCC2)n1. The van der Waals surface area contributed by atoms with Crippen molar-refractivity contribution in [1.82, 2.24) is 15.1 Å². The lowest BCUT2D eigenvalue weighted by Gasteiger charge is -2.15. The summed E-state index contributed by atoms with van der Waals surface area (Å²) in [5, 5.41) is 16.0. The van der Waals surface area contributed by atoms with Gasteiger partial charge in [-0.1, -0.05) is 25.7 Å². The van der Waals surface area contributed by atoms with Crippen LogP contribution in [0.15, 0.2) is 12.3 Å². The molecule has 110 valence electrons. The summed E-state index contributed by atoms with van der Waals surface area (Å²) in [4.78, 5) is 23.0. The maximum atomic E-state index is 12.1. The Kier molecular flexibility index (Phi) is 4.76. The number of nitrogens with one attached hydrogen (secondary N) is 1. The molecular formula is C14H21N3O3. The van der Waals surface area contributed by atoms with Crippen LogP contribution in [0.4, 0.5) is 0 Å². The van der Waals surface area contributed by atoms with E-state index in [-0.39, 0.29) is 17.6 Å². The largest absolute Gasteiger partial charge is 0.480 e. The second kappa shape index (κ2) is 6.54. The summed E-state index contributed by atoms with van der Waals surface area (Å²) >= 11 is 0. The van der Waals surface area contributed by atoms with Crippen molar-refractivity contribution in [3.8, 4) is 0 Å². The first-order valence-corrected chi connectivity index (χ1v) is 7.17. The maximum Gasteiger partial charge on any atom is 0.328 e. The van der Waals surface area contributed by atoms with Crippen LogP contribution in [0.1, 0.15) is 62.0 Å². The lowest BCUT2D eigenvalue weighted by atomic mass is 10.1. The Morgan fingerprint density at radius 2 is 2.00 bits per heavy atom. The lowest BCUT2D eigenvalue weighted by molar-refractivity contribution is -0.140.